The van der Waals surface area contributed by atoms with Crippen molar-refractivity contribution >= 4 is 5.78 Å². The molecule has 1 aliphatic carbocycles. The topological polar surface area (TPSA) is 23.6 Å². The van der Waals surface area contributed by atoms with Crippen LogP contribution in [0.2, 0.25) is 0 Å². The maximum Gasteiger partial charge on any atom is 0.139 e. The zero-order chi connectivity index (χ0) is 15.2. The standard InChI is InChI=1S/C18H32N2O/c1-13(2)19-7-5-15(6-8-19)17(21)16-9-18(10-16)11-20(12-18)14(3)4/h13-16H,5-12H2,1-4H3. The first-order chi connectivity index (χ1) is 9.90. The Bertz CT molecular complexity index is 382. The zero-order valence-electron chi connectivity index (χ0n) is 14.3. The van der Waals surface area contributed by atoms with E-state index in [1.807, 2.05) is 0 Å². The minimum Gasteiger partial charge on any atom is -0.301 e. The molecule has 2 saturated heterocycles. The van der Waals surface area contributed by atoms with Crippen LogP contribution >= 0.6 is 0 Å². The summed E-state index contributed by atoms with van der Waals surface area (Å²) in [5.74, 6) is 1.37. The molecule has 3 rings (SSSR count). The lowest BCUT2D eigenvalue weighted by Gasteiger charge is -2.60. The molecule has 0 amide bonds. The van der Waals surface area contributed by atoms with Crippen molar-refractivity contribution in [1.29, 1.82) is 0 Å². The molecular formula is C18H32N2O. The molecule has 0 aromatic carbocycles. The van der Waals surface area contributed by atoms with Crippen molar-refractivity contribution in [1.82, 2.24) is 9.80 Å². The summed E-state index contributed by atoms with van der Waals surface area (Å²) in [6, 6.07) is 1.30. The number of rotatable bonds is 4. The van der Waals surface area contributed by atoms with Gasteiger partial charge in [-0.05, 0) is 71.9 Å². The Morgan fingerprint density at radius 1 is 0.905 bits per heavy atom. The highest BCUT2D eigenvalue weighted by molar-refractivity contribution is 5.84. The number of hydrogen-bond acceptors (Lipinski definition) is 3. The summed E-state index contributed by atoms with van der Waals surface area (Å²) in [6.07, 6.45) is 4.55. The highest BCUT2D eigenvalue weighted by atomic mass is 16.1. The number of carbonyl (C=O) groups is 1. The highest BCUT2D eigenvalue weighted by Crippen LogP contribution is 2.53. The van der Waals surface area contributed by atoms with Crippen LogP contribution in [-0.4, -0.2) is 53.8 Å². The lowest BCUT2D eigenvalue weighted by molar-refractivity contribution is -0.150. The van der Waals surface area contributed by atoms with E-state index in [0.717, 1.165) is 25.9 Å². The number of piperidine rings is 1. The Kier molecular flexibility index (Phi) is 4.17. The predicted octanol–water partition coefficient (Wildman–Crippen LogP) is 2.80. The van der Waals surface area contributed by atoms with Crippen molar-refractivity contribution in [2.45, 2.75) is 65.5 Å². The van der Waals surface area contributed by atoms with Crippen LogP contribution in [-0.2, 0) is 4.79 Å². The number of nitrogens with zero attached hydrogens (tertiary/aromatic N) is 2. The molecule has 3 aliphatic rings. The number of Topliss-reactive ketones (excluding diaryl/α,β-unsaturated/α-hetero) is 1. The molecule has 3 nitrogen and oxygen atoms in total. The fourth-order valence-corrected chi connectivity index (χ4v) is 4.66. The van der Waals surface area contributed by atoms with E-state index in [0.29, 0.717) is 35.1 Å². The molecular weight excluding hydrogens is 260 g/mol. The molecule has 0 N–H and O–H groups in total. The van der Waals surface area contributed by atoms with Gasteiger partial charge in [0, 0.05) is 37.0 Å². The Morgan fingerprint density at radius 3 is 1.90 bits per heavy atom. The molecule has 0 unspecified atom stereocenters. The van der Waals surface area contributed by atoms with Gasteiger partial charge in [0.25, 0.3) is 0 Å². The van der Waals surface area contributed by atoms with Crippen LogP contribution in [0.4, 0.5) is 0 Å². The summed E-state index contributed by atoms with van der Waals surface area (Å²) in [5, 5.41) is 0. The van der Waals surface area contributed by atoms with Gasteiger partial charge >= 0.3 is 0 Å². The molecule has 0 aromatic heterocycles. The summed E-state index contributed by atoms with van der Waals surface area (Å²) < 4.78 is 0. The van der Waals surface area contributed by atoms with Gasteiger partial charge < -0.3 is 4.90 Å². The second kappa shape index (κ2) is 5.66. The van der Waals surface area contributed by atoms with Gasteiger partial charge in [0.05, 0.1) is 0 Å². The summed E-state index contributed by atoms with van der Waals surface area (Å²) in [6.45, 7) is 13.8. The maximum absolute atomic E-state index is 12.7. The van der Waals surface area contributed by atoms with E-state index in [9.17, 15) is 4.79 Å². The summed E-state index contributed by atoms with van der Waals surface area (Å²) >= 11 is 0. The molecule has 1 saturated carbocycles. The van der Waals surface area contributed by atoms with Gasteiger partial charge in [-0.1, -0.05) is 0 Å². The van der Waals surface area contributed by atoms with Gasteiger partial charge in [-0.25, -0.2) is 0 Å². The number of hydrogen-bond donors (Lipinski definition) is 0. The van der Waals surface area contributed by atoms with E-state index >= 15 is 0 Å². The molecule has 3 fully saturated rings. The van der Waals surface area contributed by atoms with Crippen molar-refractivity contribution in [2.75, 3.05) is 26.2 Å². The van der Waals surface area contributed by atoms with Crippen molar-refractivity contribution in [3.8, 4) is 0 Å². The Labute approximate surface area is 130 Å². The molecule has 21 heavy (non-hydrogen) atoms. The van der Waals surface area contributed by atoms with Gasteiger partial charge in [0.1, 0.15) is 5.78 Å². The molecule has 0 aromatic rings. The Morgan fingerprint density at radius 2 is 1.43 bits per heavy atom. The third-order valence-electron chi connectivity index (χ3n) is 6.23. The summed E-state index contributed by atoms with van der Waals surface area (Å²) in [7, 11) is 0. The number of carbonyl (C=O) groups excluding carboxylic acids is 1. The van der Waals surface area contributed by atoms with Crippen LogP contribution in [0.1, 0.15) is 53.4 Å². The fourth-order valence-electron chi connectivity index (χ4n) is 4.66. The smallest absolute Gasteiger partial charge is 0.139 e. The summed E-state index contributed by atoms with van der Waals surface area (Å²) in [5.41, 5.74) is 0.531. The lowest BCUT2D eigenvalue weighted by Crippen LogP contribution is -2.65. The molecule has 2 aliphatic heterocycles. The van der Waals surface area contributed by atoms with E-state index in [2.05, 4.69) is 37.5 Å². The minimum absolute atomic E-state index is 0.364. The number of ketones is 1. The van der Waals surface area contributed by atoms with Gasteiger partial charge in [-0.15, -0.1) is 0 Å². The average molecular weight is 292 g/mol. The van der Waals surface area contributed by atoms with E-state index in [1.165, 1.54) is 25.9 Å². The Hall–Kier alpha value is -0.410. The molecule has 1 spiro atoms. The van der Waals surface area contributed by atoms with Crippen LogP contribution < -0.4 is 0 Å². The first-order valence-corrected chi connectivity index (χ1v) is 8.92. The normalized spacial score (nSPS) is 28.1. The SMILES string of the molecule is CC(C)N1CCC(C(=O)C2CC3(C2)CN(C(C)C)C3)CC1. The molecule has 2 heterocycles. The molecule has 0 atom stereocenters. The Balaban J connectivity index is 1.43. The van der Waals surface area contributed by atoms with Crippen molar-refractivity contribution in [3.63, 3.8) is 0 Å². The predicted molar refractivity (Wildman–Crippen MR) is 86.3 cm³/mol. The van der Waals surface area contributed by atoms with E-state index in [-0.39, 0.29) is 0 Å². The van der Waals surface area contributed by atoms with Crippen molar-refractivity contribution < 1.29 is 4.79 Å². The molecule has 3 heteroatoms. The minimum atomic E-state index is 0.364. The van der Waals surface area contributed by atoms with Crippen LogP contribution in [0.5, 0.6) is 0 Å². The van der Waals surface area contributed by atoms with E-state index in [1.54, 1.807) is 0 Å². The highest BCUT2D eigenvalue weighted by Gasteiger charge is 2.55. The first-order valence-electron chi connectivity index (χ1n) is 8.92. The van der Waals surface area contributed by atoms with Crippen molar-refractivity contribution in [2.24, 2.45) is 17.3 Å². The number of likely N-dealkylation sites (tertiary alicyclic amines) is 2. The van der Waals surface area contributed by atoms with Gasteiger partial charge in [0.2, 0.25) is 0 Å². The van der Waals surface area contributed by atoms with Gasteiger partial charge in [0.15, 0.2) is 0 Å². The largest absolute Gasteiger partial charge is 0.301 e. The van der Waals surface area contributed by atoms with Crippen LogP contribution in [0.25, 0.3) is 0 Å². The van der Waals surface area contributed by atoms with E-state index < -0.39 is 0 Å². The average Bonchev–Trinajstić information content (AvgIpc) is 2.35. The van der Waals surface area contributed by atoms with Crippen LogP contribution in [0, 0.1) is 17.3 Å². The van der Waals surface area contributed by atoms with Crippen LogP contribution in [0.15, 0.2) is 0 Å². The fraction of sp³-hybridized carbons (Fsp3) is 0.944. The molecule has 120 valence electrons. The third kappa shape index (κ3) is 2.92. The van der Waals surface area contributed by atoms with E-state index in [4.69, 9.17) is 0 Å². The van der Waals surface area contributed by atoms with Crippen molar-refractivity contribution in [3.05, 3.63) is 0 Å². The maximum atomic E-state index is 12.7. The second-order valence-corrected chi connectivity index (χ2v) is 8.41. The second-order valence-electron chi connectivity index (χ2n) is 8.41. The van der Waals surface area contributed by atoms with Crippen LogP contribution in [0.3, 0.4) is 0 Å². The summed E-state index contributed by atoms with van der Waals surface area (Å²) in [4.78, 5) is 17.7. The third-order valence-corrected chi connectivity index (χ3v) is 6.23. The molecule has 0 radical (unpaired) electrons. The quantitative estimate of drug-likeness (QED) is 0.796. The molecule has 0 bridgehead atoms. The monoisotopic (exact) mass is 292 g/mol. The van der Waals surface area contributed by atoms with Gasteiger partial charge in [-0.2, -0.15) is 0 Å². The lowest BCUT2D eigenvalue weighted by atomic mass is 9.55. The first kappa shape index (κ1) is 15.5. The zero-order valence-corrected chi connectivity index (χ0v) is 14.3. The van der Waals surface area contributed by atoms with Gasteiger partial charge in [-0.3, -0.25) is 9.69 Å².